The third-order valence-corrected chi connectivity index (χ3v) is 4.90. The van der Waals surface area contributed by atoms with Crippen molar-refractivity contribution < 1.29 is 4.74 Å². The van der Waals surface area contributed by atoms with Gasteiger partial charge in [0, 0.05) is 43.9 Å². The van der Waals surface area contributed by atoms with Crippen LogP contribution in [0.2, 0.25) is 0 Å². The topological polar surface area (TPSA) is 24.5 Å². The van der Waals surface area contributed by atoms with Gasteiger partial charge in [-0.3, -0.25) is 0 Å². The van der Waals surface area contributed by atoms with Gasteiger partial charge in [0.05, 0.1) is 7.11 Å². The Morgan fingerprint density at radius 2 is 1.46 bits per heavy atom. The van der Waals surface area contributed by atoms with Crippen molar-refractivity contribution in [1.29, 1.82) is 0 Å². The van der Waals surface area contributed by atoms with Crippen LogP contribution in [0, 0.1) is 0 Å². The molecule has 0 bridgehead atoms. The van der Waals surface area contributed by atoms with Gasteiger partial charge in [0.1, 0.15) is 5.75 Å². The molecule has 1 aliphatic heterocycles. The van der Waals surface area contributed by atoms with Gasteiger partial charge in [-0.05, 0) is 22.8 Å². The van der Waals surface area contributed by atoms with Gasteiger partial charge in [0.25, 0.3) is 0 Å². The zero-order valence-corrected chi connectivity index (χ0v) is 16.8. The van der Waals surface area contributed by atoms with Crippen LogP contribution in [0.25, 0.3) is 0 Å². The average molecular weight is 333 g/mol. The SMILES string of the molecule is COc1c(C(C)(C)C)cc(CCN2CCNCC2)cc1C(C)(C)C. The number of hydrogen-bond donors (Lipinski definition) is 1. The molecule has 136 valence electrons. The molecule has 1 saturated heterocycles. The minimum absolute atomic E-state index is 0.0798. The molecule has 1 aromatic carbocycles. The molecule has 1 aromatic rings. The Balaban J connectivity index is 2.33. The van der Waals surface area contributed by atoms with Crippen LogP contribution in [0.1, 0.15) is 58.2 Å². The van der Waals surface area contributed by atoms with E-state index in [1.807, 2.05) is 0 Å². The molecule has 0 aromatic heterocycles. The fraction of sp³-hybridized carbons (Fsp3) is 0.714. The Hall–Kier alpha value is -1.06. The third kappa shape index (κ3) is 4.73. The highest BCUT2D eigenvalue weighted by Crippen LogP contribution is 2.40. The molecule has 0 radical (unpaired) electrons. The van der Waals surface area contributed by atoms with E-state index in [1.165, 1.54) is 16.7 Å². The van der Waals surface area contributed by atoms with Crippen molar-refractivity contribution in [3.05, 3.63) is 28.8 Å². The first-order chi connectivity index (χ1) is 11.1. The van der Waals surface area contributed by atoms with E-state index in [2.05, 4.69) is 63.9 Å². The van der Waals surface area contributed by atoms with E-state index < -0.39 is 0 Å². The maximum Gasteiger partial charge on any atom is 0.126 e. The summed E-state index contributed by atoms with van der Waals surface area (Å²) in [6.07, 6.45) is 1.11. The molecule has 0 unspecified atom stereocenters. The van der Waals surface area contributed by atoms with Crippen molar-refractivity contribution in [3.63, 3.8) is 0 Å². The van der Waals surface area contributed by atoms with Gasteiger partial charge in [-0.1, -0.05) is 53.7 Å². The van der Waals surface area contributed by atoms with Crippen molar-refractivity contribution >= 4 is 0 Å². The van der Waals surface area contributed by atoms with Crippen molar-refractivity contribution in [3.8, 4) is 5.75 Å². The van der Waals surface area contributed by atoms with Gasteiger partial charge >= 0.3 is 0 Å². The van der Waals surface area contributed by atoms with Crippen LogP contribution in [0.15, 0.2) is 12.1 Å². The molecule has 0 saturated carbocycles. The molecule has 1 aliphatic rings. The summed E-state index contributed by atoms with van der Waals surface area (Å²) in [5.41, 5.74) is 4.25. The second-order valence-corrected chi connectivity index (χ2v) is 9.07. The Morgan fingerprint density at radius 1 is 0.958 bits per heavy atom. The van der Waals surface area contributed by atoms with E-state index in [-0.39, 0.29) is 10.8 Å². The Morgan fingerprint density at radius 3 is 1.88 bits per heavy atom. The second-order valence-electron chi connectivity index (χ2n) is 9.07. The van der Waals surface area contributed by atoms with E-state index in [1.54, 1.807) is 7.11 Å². The lowest BCUT2D eigenvalue weighted by atomic mass is 9.78. The number of methoxy groups -OCH3 is 1. The Bertz CT molecular complexity index is 511. The summed E-state index contributed by atoms with van der Waals surface area (Å²) >= 11 is 0. The highest BCUT2D eigenvalue weighted by atomic mass is 16.5. The molecular weight excluding hydrogens is 296 g/mol. The highest BCUT2D eigenvalue weighted by molar-refractivity contribution is 5.50. The molecule has 1 N–H and O–H groups in total. The van der Waals surface area contributed by atoms with Gasteiger partial charge in [0.2, 0.25) is 0 Å². The predicted octanol–water partition coefficient (Wildman–Crippen LogP) is 3.74. The zero-order chi connectivity index (χ0) is 18.0. The summed E-state index contributed by atoms with van der Waals surface area (Å²) in [4.78, 5) is 2.56. The van der Waals surface area contributed by atoms with Crippen LogP contribution in [-0.4, -0.2) is 44.7 Å². The van der Waals surface area contributed by atoms with Gasteiger partial charge in [-0.2, -0.15) is 0 Å². The second kappa shape index (κ2) is 7.45. The maximum absolute atomic E-state index is 5.86. The van der Waals surface area contributed by atoms with Crippen LogP contribution in [0.5, 0.6) is 5.75 Å². The fourth-order valence-corrected chi connectivity index (χ4v) is 3.39. The summed E-state index contributed by atoms with van der Waals surface area (Å²) in [6, 6.07) is 4.74. The number of nitrogens with one attached hydrogen (secondary N) is 1. The minimum Gasteiger partial charge on any atom is -0.496 e. The molecule has 0 spiro atoms. The van der Waals surface area contributed by atoms with E-state index >= 15 is 0 Å². The number of rotatable bonds is 4. The number of benzene rings is 1. The third-order valence-electron chi connectivity index (χ3n) is 4.90. The molecule has 0 atom stereocenters. The van der Waals surface area contributed by atoms with Crippen LogP contribution in [0.3, 0.4) is 0 Å². The van der Waals surface area contributed by atoms with Gasteiger partial charge < -0.3 is 15.0 Å². The normalized spacial score (nSPS) is 17.1. The van der Waals surface area contributed by atoms with Gasteiger partial charge in [0.15, 0.2) is 0 Å². The van der Waals surface area contributed by atoms with Crippen molar-refractivity contribution in [2.24, 2.45) is 0 Å². The molecule has 0 amide bonds. The fourth-order valence-electron chi connectivity index (χ4n) is 3.39. The average Bonchev–Trinajstić information content (AvgIpc) is 2.51. The van der Waals surface area contributed by atoms with Crippen LogP contribution in [0.4, 0.5) is 0 Å². The molecule has 3 heteroatoms. The Kier molecular flexibility index (Phi) is 5.98. The molecule has 1 heterocycles. The molecule has 24 heavy (non-hydrogen) atoms. The lowest BCUT2D eigenvalue weighted by Crippen LogP contribution is -2.44. The molecule has 1 fully saturated rings. The van der Waals surface area contributed by atoms with Crippen molar-refractivity contribution in [1.82, 2.24) is 10.2 Å². The zero-order valence-electron chi connectivity index (χ0n) is 16.8. The Labute approximate surface area is 148 Å². The highest BCUT2D eigenvalue weighted by Gasteiger charge is 2.27. The summed E-state index contributed by atoms with van der Waals surface area (Å²) in [7, 11) is 1.81. The van der Waals surface area contributed by atoms with E-state index in [0.29, 0.717) is 0 Å². The minimum atomic E-state index is 0.0798. The number of piperazine rings is 1. The van der Waals surface area contributed by atoms with E-state index in [0.717, 1.165) is 44.9 Å². The van der Waals surface area contributed by atoms with Crippen LogP contribution in [-0.2, 0) is 17.3 Å². The quantitative estimate of drug-likeness (QED) is 0.909. The number of nitrogens with zero attached hydrogens (tertiary/aromatic N) is 1. The first kappa shape index (κ1) is 19.3. The molecular formula is C21H36N2O. The van der Waals surface area contributed by atoms with E-state index in [9.17, 15) is 0 Å². The first-order valence-electron chi connectivity index (χ1n) is 9.28. The molecule has 3 nitrogen and oxygen atoms in total. The lowest BCUT2D eigenvalue weighted by molar-refractivity contribution is 0.244. The van der Waals surface area contributed by atoms with Crippen LogP contribution < -0.4 is 10.1 Å². The van der Waals surface area contributed by atoms with Crippen LogP contribution >= 0.6 is 0 Å². The van der Waals surface area contributed by atoms with Crippen molar-refractivity contribution in [2.75, 3.05) is 39.8 Å². The predicted molar refractivity (Wildman–Crippen MR) is 103 cm³/mol. The van der Waals surface area contributed by atoms with Crippen molar-refractivity contribution in [2.45, 2.75) is 58.8 Å². The number of hydrogen-bond acceptors (Lipinski definition) is 3. The molecule has 2 rings (SSSR count). The lowest BCUT2D eigenvalue weighted by Gasteiger charge is -2.31. The van der Waals surface area contributed by atoms with E-state index in [4.69, 9.17) is 4.74 Å². The maximum atomic E-state index is 5.86. The smallest absolute Gasteiger partial charge is 0.126 e. The summed E-state index contributed by atoms with van der Waals surface area (Å²) < 4.78 is 5.86. The summed E-state index contributed by atoms with van der Waals surface area (Å²) in [5.74, 6) is 1.07. The van der Waals surface area contributed by atoms with Gasteiger partial charge in [-0.25, -0.2) is 0 Å². The van der Waals surface area contributed by atoms with Gasteiger partial charge in [-0.15, -0.1) is 0 Å². The first-order valence-corrected chi connectivity index (χ1v) is 9.28. The molecule has 0 aliphatic carbocycles. The summed E-state index contributed by atoms with van der Waals surface area (Å²) in [6.45, 7) is 19.3. The number of ether oxygens (including phenoxy) is 1. The monoisotopic (exact) mass is 332 g/mol. The summed E-state index contributed by atoms with van der Waals surface area (Å²) in [5, 5.41) is 3.43. The standard InChI is InChI=1S/C21H36N2O/c1-20(2,3)17-14-16(8-11-23-12-9-22-10-13-23)15-18(19(17)24-7)21(4,5)6/h14-15,22H,8-13H2,1-7H3. The largest absolute Gasteiger partial charge is 0.496 e.